The molecule has 1 aliphatic rings. The number of nitrogens with zero attached hydrogens (tertiary/aromatic N) is 2. The number of carbonyl (C=O) groups is 1. The number of benzene rings is 1. The first-order valence-electron chi connectivity index (χ1n) is 5.95. The molecule has 0 fully saturated rings. The molecule has 20 heavy (non-hydrogen) atoms. The highest BCUT2D eigenvalue weighted by Gasteiger charge is 2.39. The van der Waals surface area contributed by atoms with Gasteiger partial charge in [0.1, 0.15) is 0 Å². The molecule has 1 aromatic carbocycles. The Bertz CT molecular complexity index is 664. The fraction of sp³-hybridized carbons (Fsp3) is 0.308. The highest BCUT2D eigenvalue weighted by Crippen LogP contribution is 2.38. The minimum absolute atomic E-state index is 0.0651. The number of hydrogen-bond donors (Lipinski definition) is 0. The van der Waals surface area contributed by atoms with E-state index >= 15 is 0 Å². The molecule has 0 N–H and O–H groups in total. The van der Waals surface area contributed by atoms with Gasteiger partial charge in [-0.05, 0) is 17.5 Å². The van der Waals surface area contributed by atoms with Gasteiger partial charge >= 0.3 is 6.18 Å². The number of aromatic nitrogens is 2. The summed E-state index contributed by atoms with van der Waals surface area (Å²) >= 11 is 0. The molecule has 104 valence electrons. The summed E-state index contributed by atoms with van der Waals surface area (Å²) in [6.07, 6.45) is -5.06. The van der Waals surface area contributed by atoms with Crippen molar-refractivity contribution in [3.8, 4) is 0 Å². The summed E-state index contributed by atoms with van der Waals surface area (Å²) in [4.78, 5) is 14.7. The summed E-state index contributed by atoms with van der Waals surface area (Å²) in [5.41, 5.74) is 2.21. The van der Waals surface area contributed by atoms with Gasteiger partial charge in [0.2, 0.25) is 11.7 Å². The van der Waals surface area contributed by atoms with Crippen LogP contribution < -0.4 is 0 Å². The smallest absolute Gasteiger partial charge is 0.339 e. The van der Waals surface area contributed by atoms with E-state index in [1.165, 1.54) is 0 Å². The third kappa shape index (κ3) is 2.19. The lowest BCUT2D eigenvalue weighted by Crippen LogP contribution is -2.24. The summed E-state index contributed by atoms with van der Waals surface area (Å²) < 4.78 is 41.1. The van der Waals surface area contributed by atoms with E-state index in [9.17, 15) is 18.0 Å². The molecule has 1 aromatic heterocycles. The lowest BCUT2D eigenvalue weighted by atomic mass is 9.77. The highest BCUT2D eigenvalue weighted by molar-refractivity contribution is 5.85. The van der Waals surface area contributed by atoms with Crippen molar-refractivity contribution in [3.63, 3.8) is 0 Å². The molecule has 1 atom stereocenters. The van der Waals surface area contributed by atoms with Gasteiger partial charge < -0.3 is 4.52 Å². The third-order valence-corrected chi connectivity index (χ3v) is 3.28. The maximum atomic E-state index is 12.1. The highest BCUT2D eigenvalue weighted by atomic mass is 19.4. The lowest BCUT2D eigenvalue weighted by Gasteiger charge is -2.27. The number of carbonyl (C=O) groups excluding carboxylic acids is 1. The van der Waals surface area contributed by atoms with Crippen molar-refractivity contribution in [3.05, 3.63) is 47.1 Å². The predicted molar refractivity (Wildman–Crippen MR) is 61.1 cm³/mol. The van der Waals surface area contributed by atoms with Gasteiger partial charge in [0, 0.05) is 0 Å². The number of alkyl halides is 3. The van der Waals surface area contributed by atoms with Crippen LogP contribution in [0.25, 0.3) is 0 Å². The first kappa shape index (κ1) is 12.8. The molecule has 3 rings (SSSR count). The zero-order chi connectivity index (χ0) is 14.3. The Morgan fingerprint density at radius 2 is 2.10 bits per heavy atom. The lowest BCUT2D eigenvalue weighted by molar-refractivity contribution is -0.170. The first-order chi connectivity index (χ1) is 9.45. The molecule has 0 amide bonds. The second-order valence-electron chi connectivity index (χ2n) is 4.60. The average molecular weight is 282 g/mol. The Balaban J connectivity index is 1.75. The topological polar surface area (TPSA) is 56.0 Å². The van der Waals surface area contributed by atoms with Crippen molar-refractivity contribution >= 4 is 5.78 Å². The Kier molecular flexibility index (Phi) is 2.84. The number of ketones is 1. The minimum atomic E-state index is -4.88. The number of halogens is 3. The van der Waals surface area contributed by atoms with E-state index in [2.05, 4.69) is 10.1 Å². The molecular weight excluding hydrogens is 273 g/mol. The van der Waals surface area contributed by atoms with Gasteiger partial charge in [0.15, 0.2) is 5.82 Å². The van der Waals surface area contributed by atoms with E-state index in [0.717, 1.165) is 17.5 Å². The largest absolute Gasteiger partial charge is 0.450 e. The zero-order valence-corrected chi connectivity index (χ0v) is 10.1. The van der Waals surface area contributed by atoms with Crippen molar-refractivity contribution in [2.45, 2.75) is 24.9 Å². The normalized spacial score (nSPS) is 17.4. The summed E-state index contributed by atoms with van der Waals surface area (Å²) in [5, 5.41) is 3.67. The van der Waals surface area contributed by atoms with E-state index < -0.39 is 18.4 Å². The Morgan fingerprint density at radius 3 is 2.80 bits per heavy atom. The fourth-order valence-corrected chi connectivity index (χ4v) is 2.21. The van der Waals surface area contributed by atoms with Crippen molar-refractivity contribution in [1.82, 2.24) is 10.1 Å². The van der Waals surface area contributed by atoms with Gasteiger partial charge in [-0.25, -0.2) is 0 Å². The van der Waals surface area contributed by atoms with Crippen LogP contribution in [0.15, 0.2) is 28.8 Å². The van der Waals surface area contributed by atoms with Crippen LogP contribution in [0.1, 0.15) is 28.8 Å². The molecule has 0 saturated heterocycles. The summed E-state index contributed by atoms with van der Waals surface area (Å²) in [7, 11) is 0. The Hall–Kier alpha value is -2.18. The van der Waals surface area contributed by atoms with Crippen molar-refractivity contribution in [2.24, 2.45) is 0 Å². The van der Waals surface area contributed by atoms with E-state index in [1.807, 2.05) is 24.3 Å². The average Bonchev–Trinajstić information content (AvgIpc) is 2.78. The molecule has 0 radical (unpaired) electrons. The molecule has 2 aromatic rings. The van der Waals surface area contributed by atoms with Gasteiger partial charge in [-0.1, -0.05) is 29.4 Å². The van der Waals surface area contributed by atoms with E-state index in [4.69, 9.17) is 4.52 Å². The van der Waals surface area contributed by atoms with Crippen LogP contribution in [0.4, 0.5) is 13.2 Å². The van der Waals surface area contributed by atoms with Crippen LogP contribution in [0.5, 0.6) is 0 Å². The maximum Gasteiger partial charge on any atom is 0.450 e. The molecule has 1 unspecified atom stereocenters. The minimum Gasteiger partial charge on any atom is -0.339 e. The first-order valence-corrected chi connectivity index (χ1v) is 5.95. The van der Waals surface area contributed by atoms with Gasteiger partial charge in [-0.3, -0.25) is 4.79 Å². The quantitative estimate of drug-likeness (QED) is 0.867. The Labute approximate surface area is 111 Å². The van der Waals surface area contributed by atoms with Crippen LogP contribution in [-0.2, 0) is 17.6 Å². The third-order valence-electron chi connectivity index (χ3n) is 3.28. The van der Waals surface area contributed by atoms with Gasteiger partial charge in [-0.15, -0.1) is 0 Å². The van der Waals surface area contributed by atoms with E-state index in [0.29, 0.717) is 5.82 Å². The molecular formula is C13H9F3N2O2. The molecule has 0 saturated carbocycles. The summed E-state index contributed by atoms with van der Waals surface area (Å²) in [6, 6.07) is 7.68. The number of fused-ring (bicyclic) bond motifs is 1. The van der Waals surface area contributed by atoms with Crippen LogP contribution in [0, 0.1) is 0 Å². The monoisotopic (exact) mass is 282 g/mol. The predicted octanol–water partition coefficient (Wildman–Crippen LogP) is 2.43. The Morgan fingerprint density at radius 1 is 1.35 bits per heavy atom. The van der Waals surface area contributed by atoms with Crippen molar-refractivity contribution in [1.29, 1.82) is 0 Å². The van der Waals surface area contributed by atoms with Gasteiger partial charge in [0.25, 0.3) is 0 Å². The maximum absolute atomic E-state index is 12.1. The molecule has 0 bridgehead atoms. The number of Topliss-reactive ketones (excluding diaryl/α,β-unsaturated/α-hetero) is 1. The van der Waals surface area contributed by atoms with Crippen molar-refractivity contribution < 1.29 is 22.5 Å². The van der Waals surface area contributed by atoms with Gasteiger partial charge in [0.05, 0.1) is 12.3 Å². The summed E-state index contributed by atoms with van der Waals surface area (Å²) in [5.74, 6) is -1.92. The van der Waals surface area contributed by atoms with Crippen molar-refractivity contribution in [2.75, 3.05) is 0 Å². The zero-order valence-electron chi connectivity index (χ0n) is 10.1. The van der Waals surface area contributed by atoms with Gasteiger partial charge in [-0.2, -0.15) is 18.2 Å². The SMILES string of the molecule is O=C(Cc1nc(C2Cc3ccccc32)no1)C(F)(F)F. The molecule has 1 heterocycles. The second-order valence-corrected chi connectivity index (χ2v) is 4.60. The van der Waals surface area contributed by atoms with Crippen LogP contribution in [0.2, 0.25) is 0 Å². The second kappa shape index (κ2) is 4.43. The number of hydrogen-bond acceptors (Lipinski definition) is 4. The van der Waals surface area contributed by atoms with Crippen LogP contribution in [-0.4, -0.2) is 22.1 Å². The van der Waals surface area contributed by atoms with E-state index in [1.54, 1.807) is 0 Å². The van der Waals surface area contributed by atoms with E-state index in [-0.39, 0.29) is 11.8 Å². The standard InChI is InChI=1S/C13H9F3N2O2/c14-13(15,16)10(19)6-11-17-12(18-20-11)9-5-7-3-1-2-4-8(7)9/h1-4,9H,5-6H2. The van der Waals surface area contributed by atoms with Crippen LogP contribution >= 0.6 is 0 Å². The fourth-order valence-electron chi connectivity index (χ4n) is 2.21. The number of rotatable bonds is 3. The molecule has 0 spiro atoms. The molecule has 4 nitrogen and oxygen atoms in total. The molecule has 1 aliphatic carbocycles. The summed E-state index contributed by atoms with van der Waals surface area (Å²) in [6.45, 7) is 0. The molecule has 0 aliphatic heterocycles. The van der Waals surface area contributed by atoms with Crippen LogP contribution in [0.3, 0.4) is 0 Å². The molecule has 7 heteroatoms.